The first kappa shape index (κ1) is 10.2. The van der Waals surface area contributed by atoms with Gasteiger partial charge in [0.2, 0.25) is 11.9 Å². The second-order valence-corrected chi connectivity index (χ2v) is 3.04. The van der Waals surface area contributed by atoms with E-state index in [0.717, 1.165) is 6.07 Å². The van der Waals surface area contributed by atoms with Gasteiger partial charge in [0.05, 0.1) is 0 Å². The molecule has 2 heterocycles. The van der Waals surface area contributed by atoms with E-state index < -0.39 is 11.9 Å². The van der Waals surface area contributed by atoms with E-state index in [2.05, 4.69) is 25.5 Å². The van der Waals surface area contributed by atoms with Crippen molar-refractivity contribution in [3.63, 3.8) is 0 Å². The van der Waals surface area contributed by atoms with Gasteiger partial charge in [0.1, 0.15) is 11.5 Å². The lowest BCUT2D eigenvalue weighted by molar-refractivity contribution is 0.102. The van der Waals surface area contributed by atoms with E-state index in [4.69, 9.17) is 0 Å². The van der Waals surface area contributed by atoms with Crippen LogP contribution < -0.4 is 5.32 Å². The molecule has 0 radical (unpaired) electrons. The molecule has 0 aliphatic rings. The molecule has 1 amide bonds. The number of H-pyrrole nitrogens is 1. The molecule has 0 aliphatic heterocycles. The summed E-state index contributed by atoms with van der Waals surface area (Å²) in [6.45, 7) is 1.70. The highest BCUT2D eigenvalue weighted by atomic mass is 19.1. The average molecular weight is 221 g/mol. The molecule has 7 heteroatoms. The fourth-order valence-corrected chi connectivity index (χ4v) is 1.10. The second kappa shape index (κ2) is 4.05. The summed E-state index contributed by atoms with van der Waals surface area (Å²) in [6.07, 6.45) is 0. The Kier molecular flexibility index (Phi) is 2.59. The van der Waals surface area contributed by atoms with Gasteiger partial charge in [0, 0.05) is 0 Å². The van der Waals surface area contributed by atoms with Crippen LogP contribution in [0.2, 0.25) is 0 Å². The Balaban J connectivity index is 2.14. The van der Waals surface area contributed by atoms with E-state index in [1.807, 2.05) is 0 Å². The van der Waals surface area contributed by atoms with Crippen LogP contribution in [0.5, 0.6) is 0 Å². The molecular formula is C9H8FN5O. The normalized spacial score (nSPS) is 10.1. The predicted molar refractivity (Wildman–Crippen MR) is 53.3 cm³/mol. The third kappa shape index (κ3) is 2.19. The zero-order valence-electron chi connectivity index (χ0n) is 8.36. The van der Waals surface area contributed by atoms with Gasteiger partial charge in [-0.05, 0) is 19.1 Å². The minimum atomic E-state index is -0.709. The second-order valence-electron chi connectivity index (χ2n) is 3.04. The van der Waals surface area contributed by atoms with Crippen molar-refractivity contribution < 1.29 is 9.18 Å². The zero-order valence-corrected chi connectivity index (χ0v) is 8.36. The van der Waals surface area contributed by atoms with Crippen molar-refractivity contribution in [2.45, 2.75) is 6.92 Å². The van der Waals surface area contributed by atoms with Crippen molar-refractivity contribution >= 4 is 11.9 Å². The predicted octanol–water partition coefficient (Wildman–Crippen LogP) is 0.900. The molecule has 16 heavy (non-hydrogen) atoms. The van der Waals surface area contributed by atoms with Gasteiger partial charge >= 0.3 is 0 Å². The van der Waals surface area contributed by atoms with Crippen molar-refractivity contribution in [2.24, 2.45) is 0 Å². The minimum Gasteiger partial charge on any atom is -0.288 e. The molecule has 6 nitrogen and oxygen atoms in total. The molecule has 0 aromatic carbocycles. The van der Waals surface area contributed by atoms with E-state index in [1.54, 1.807) is 6.92 Å². The number of pyridine rings is 1. The van der Waals surface area contributed by atoms with Crippen LogP contribution in [0, 0.1) is 12.9 Å². The van der Waals surface area contributed by atoms with Gasteiger partial charge in [-0.15, -0.1) is 5.10 Å². The van der Waals surface area contributed by atoms with Crippen molar-refractivity contribution in [1.29, 1.82) is 0 Å². The van der Waals surface area contributed by atoms with Crippen molar-refractivity contribution in [1.82, 2.24) is 20.2 Å². The molecule has 2 aromatic rings. The molecule has 0 saturated carbocycles. The molecule has 0 atom stereocenters. The number of aryl methyl sites for hydroxylation is 1. The Labute approximate surface area is 89.9 Å². The summed E-state index contributed by atoms with van der Waals surface area (Å²) in [7, 11) is 0. The lowest BCUT2D eigenvalue weighted by Crippen LogP contribution is -2.15. The van der Waals surface area contributed by atoms with Crippen LogP contribution >= 0.6 is 0 Å². The molecule has 2 N–H and O–H groups in total. The number of amides is 1. The largest absolute Gasteiger partial charge is 0.288 e. The fourth-order valence-electron chi connectivity index (χ4n) is 1.10. The molecule has 0 spiro atoms. The molecular weight excluding hydrogens is 213 g/mol. The first-order valence-electron chi connectivity index (χ1n) is 4.48. The molecule has 82 valence electrons. The summed E-state index contributed by atoms with van der Waals surface area (Å²) in [5, 5.41) is 8.67. The lowest BCUT2D eigenvalue weighted by atomic mass is 10.3. The number of anilines is 1. The average Bonchev–Trinajstić information content (AvgIpc) is 2.64. The number of nitrogens with one attached hydrogen (secondary N) is 2. The summed E-state index contributed by atoms with van der Waals surface area (Å²) in [4.78, 5) is 18.9. The minimum absolute atomic E-state index is 0.0255. The van der Waals surface area contributed by atoms with Crippen LogP contribution in [0.3, 0.4) is 0 Å². The van der Waals surface area contributed by atoms with Crippen LogP contribution in [0.1, 0.15) is 16.3 Å². The highest BCUT2D eigenvalue weighted by Gasteiger charge is 2.10. The van der Waals surface area contributed by atoms with Crippen molar-refractivity contribution in [3.8, 4) is 0 Å². The van der Waals surface area contributed by atoms with Crippen LogP contribution in [0.25, 0.3) is 0 Å². The third-order valence-electron chi connectivity index (χ3n) is 1.77. The zero-order chi connectivity index (χ0) is 11.5. The number of rotatable bonds is 2. The van der Waals surface area contributed by atoms with Gasteiger partial charge in [-0.3, -0.25) is 15.2 Å². The van der Waals surface area contributed by atoms with E-state index >= 15 is 0 Å². The summed E-state index contributed by atoms with van der Waals surface area (Å²) in [6, 6.07) is 3.96. The van der Waals surface area contributed by atoms with E-state index in [1.165, 1.54) is 12.1 Å². The quantitative estimate of drug-likeness (QED) is 0.738. The van der Waals surface area contributed by atoms with Gasteiger partial charge in [0.15, 0.2) is 0 Å². The summed E-state index contributed by atoms with van der Waals surface area (Å²) < 4.78 is 12.7. The van der Waals surface area contributed by atoms with Gasteiger partial charge < -0.3 is 0 Å². The van der Waals surface area contributed by atoms with Gasteiger partial charge in [-0.1, -0.05) is 6.07 Å². The van der Waals surface area contributed by atoms with E-state index in [9.17, 15) is 9.18 Å². The number of carbonyl (C=O) groups is 1. The standard InChI is InChI=1S/C9H8FN5O/c1-5-11-9(15-14-5)13-8(16)6-3-2-4-7(10)12-6/h2-4H,1H3,(H2,11,13,14,15,16). The highest BCUT2D eigenvalue weighted by Crippen LogP contribution is 2.02. The monoisotopic (exact) mass is 221 g/mol. The molecule has 0 unspecified atom stereocenters. The smallest absolute Gasteiger partial charge is 0.276 e. The van der Waals surface area contributed by atoms with Gasteiger partial charge in [0.25, 0.3) is 5.91 Å². The summed E-state index contributed by atoms with van der Waals surface area (Å²) >= 11 is 0. The van der Waals surface area contributed by atoms with Crippen LogP contribution in [-0.4, -0.2) is 26.1 Å². The Morgan fingerprint density at radius 3 is 2.88 bits per heavy atom. The summed E-state index contributed by atoms with van der Waals surface area (Å²) in [5.41, 5.74) is -0.0255. The highest BCUT2D eigenvalue weighted by molar-refractivity contribution is 6.01. The summed E-state index contributed by atoms with van der Waals surface area (Å²) in [5.74, 6) is -0.562. The molecule has 0 aliphatic carbocycles. The Morgan fingerprint density at radius 2 is 2.25 bits per heavy atom. The number of hydrogen-bond donors (Lipinski definition) is 2. The molecule has 0 fully saturated rings. The van der Waals surface area contributed by atoms with Crippen LogP contribution in [-0.2, 0) is 0 Å². The number of nitrogens with zero attached hydrogens (tertiary/aromatic N) is 3. The fraction of sp³-hybridized carbons (Fsp3) is 0.111. The third-order valence-corrected chi connectivity index (χ3v) is 1.77. The molecule has 2 rings (SSSR count). The maximum Gasteiger partial charge on any atom is 0.276 e. The Bertz CT molecular complexity index is 524. The maximum absolute atomic E-state index is 12.7. The Hall–Kier alpha value is -2.31. The number of hydrogen-bond acceptors (Lipinski definition) is 4. The SMILES string of the molecule is Cc1nc(NC(=O)c2cccc(F)n2)n[nH]1. The molecule has 0 bridgehead atoms. The van der Waals surface area contributed by atoms with E-state index in [-0.39, 0.29) is 11.6 Å². The number of carbonyl (C=O) groups excluding carboxylic acids is 1. The number of aromatic nitrogens is 4. The van der Waals surface area contributed by atoms with Crippen LogP contribution in [0.15, 0.2) is 18.2 Å². The molecule has 2 aromatic heterocycles. The first-order valence-corrected chi connectivity index (χ1v) is 4.48. The van der Waals surface area contributed by atoms with Crippen LogP contribution in [0.4, 0.5) is 10.3 Å². The number of aromatic amines is 1. The van der Waals surface area contributed by atoms with E-state index in [0.29, 0.717) is 5.82 Å². The van der Waals surface area contributed by atoms with Crippen molar-refractivity contribution in [2.75, 3.05) is 5.32 Å². The van der Waals surface area contributed by atoms with Gasteiger partial charge in [-0.2, -0.15) is 9.37 Å². The maximum atomic E-state index is 12.7. The first-order chi connectivity index (χ1) is 7.65. The van der Waals surface area contributed by atoms with Gasteiger partial charge in [-0.25, -0.2) is 4.98 Å². The number of halogens is 1. The lowest BCUT2D eigenvalue weighted by Gasteiger charge is -1.99. The van der Waals surface area contributed by atoms with Crippen molar-refractivity contribution in [3.05, 3.63) is 35.7 Å². The molecule has 0 saturated heterocycles. The Morgan fingerprint density at radius 1 is 1.44 bits per heavy atom. The topological polar surface area (TPSA) is 83.6 Å².